The zero-order chi connectivity index (χ0) is 19.3. The number of hydrogen-bond donors (Lipinski definition) is 1. The van der Waals surface area contributed by atoms with E-state index in [1.54, 1.807) is 12.1 Å². The van der Waals surface area contributed by atoms with Gasteiger partial charge in [-0.2, -0.15) is 4.31 Å². The number of carbonyl (C=O) groups excluding carboxylic acids is 1. The van der Waals surface area contributed by atoms with Crippen molar-refractivity contribution in [3.63, 3.8) is 0 Å². The van der Waals surface area contributed by atoms with Crippen LogP contribution in [-0.4, -0.2) is 41.5 Å². The molecular weight excluding hydrogens is 438 g/mol. The molecule has 1 unspecified atom stereocenters. The lowest BCUT2D eigenvalue weighted by molar-refractivity contribution is -0.115. The summed E-state index contributed by atoms with van der Waals surface area (Å²) in [5, 5.41) is 3.18. The van der Waals surface area contributed by atoms with E-state index in [0.29, 0.717) is 21.8 Å². The topological polar surface area (TPSA) is 79.4 Å². The number of nitrogens with zero attached hydrogens (tertiary/aromatic N) is 2. The predicted octanol–water partition coefficient (Wildman–Crippen LogP) is 3.77. The van der Waals surface area contributed by atoms with Crippen molar-refractivity contribution in [3.8, 4) is 0 Å². The number of sulfonamides is 1. The van der Waals surface area contributed by atoms with Gasteiger partial charge < -0.3 is 5.32 Å². The number of carbonyl (C=O) groups is 1. The molecule has 9 heteroatoms. The lowest BCUT2D eigenvalue weighted by atomic mass is 10.3. The second kappa shape index (κ2) is 8.90. The van der Waals surface area contributed by atoms with Crippen molar-refractivity contribution in [3.05, 3.63) is 43.5 Å². The number of hydrogen-bond acceptors (Lipinski definition) is 5. The Kier molecular flexibility index (Phi) is 7.10. The third kappa shape index (κ3) is 4.59. The molecule has 1 aromatic carbocycles. The average Bonchev–Trinajstić information content (AvgIpc) is 3.01. The van der Waals surface area contributed by atoms with E-state index in [1.807, 2.05) is 6.92 Å². The second-order valence-corrected chi connectivity index (χ2v) is 9.49. The minimum Gasteiger partial charge on any atom is -0.301 e. The molecule has 1 heterocycles. The Bertz CT molecular complexity index is 914. The highest BCUT2D eigenvalue weighted by atomic mass is 79.9. The number of thiazole rings is 1. The van der Waals surface area contributed by atoms with E-state index in [2.05, 4.69) is 39.4 Å². The highest BCUT2D eigenvalue weighted by Gasteiger charge is 2.23. The Labute approximate surface area is 165 Å². The Hall–Kier alpha value is -1.55. The van der Waals surface area contributed by atoms with Gasteiger partial charge in [-0.05, 0) is 24.6 Å². The molecule has 140 valence electrons. The van der Waals surface area contributed by atoms with Gasteiger partial charge in [-0.1, -0.05) is 46.3 Å². The van der Waals surface area contributed by atoms with Gasteiger partial charge in [-0.15, -0.1) is 13.2 Å². The molecule has 1 aromatic heterocycles. The van der Waals surface area contributed by atoms with E-state index < -0.39 is 10.0 Å². The number of alkyl halides is 1. The van der Waals surface area contributed by atoms with Crippen LogP contribution in [-0.2, 0) is 14.8 Å². The molecule has 0 radical (unpaired) electrons. The molecule has 1 N–H and O–H groups in total. The number of rotatable bonds is 9. The first-order valence-electron chi connectivity index (χ1n) is 7.91. The highest BCUT2D eigenvalue weighted by molar-refractivity contribution is 9.10. The Balaban J connectivity index is 2.35. The van der Waals surface area contributed by atoms with Crippen LogP contribution >= 0.6 is 27.3 Å². The van der Waals surface area contributed by atoms with Crippen LogP contribution in [0.5, 0.6) is 0 Å². The van der Waals surface area contributed by atoms with E-state index in [0.717, 1.165) is 0 Å². The monoisotopic (exact) mass is 457 g/mol. The quantitative estimate of drug-likeness (QED) is 0.458. The van der Waals surface area contributed by atoms with Crippen LogP contribution < -0.4 is 5.32 Å². The molecule has 2 rings (SSSR count). The first-order valence-corrected chi connectivity index (χ1v) is 11.1. The fourth-order valence-electron chi connectivity index (χ4n) is 2.20. The summed E-state index contributed by atoms with van der Waals surface area (Å²) < 4.78 is 27.6. The third-order valence-electron chi connectivity index (χ3n) is 3.54. The van der Waals surface area contributed by atoms with Crippen LogP contribution in [0.2, 0.25) is 0 Å². The van der Waals surface area contributed by atoms with Gasteiger partial charge in [0.1, 0.15) is 0 Å². The van der Waals surface area contributed by atoms with Crippen molar-refractivity contribution in [1.82, 2.24) is 9.29 Å². The SMILES string of the molecule is C=CCN(CC=C)S(=O)(=O)c1ccc2nc(NC(=O)C(Br)CC)sc2c1. The van der Waals surface area contributed by atoms with Crippen molar-refractivity contribution in [1.29, 1.82) is 0 Å². The first kappa shape index (κ1) is 20.8. The Morgan fingerprint density at radius 1 is 1.38 bits per heavy atom. The third-order valence-corrected chi connectivity index (χ3v) is 7.36. The van der Waals surface area contributed by atoms with Gasteiger partial charge >= 0.3 is 0 Å². The van der Waals surface area contributed by atoms with Gasteiger partial charge in [0.05, 0.1) is 19.9 Å². The maximum Gasteiger partial charge on any atom is 0.243 e. The zero-order valence-corrected chi connectivity index (χ0v) is 17.5. The van der Waals surface area contributed by atoms with Gasteiger partial charge in [0.15, 0.2) is 5.13 Å². The fraction of sp³-hybridized carbons (Fsp3) is 0.294. The zero-order valence-electron chi connectivity index (χ0n) is 14.3. The van der Waals surface area contributed by atoms with Crippen molar-refractivity contribution < 1.29 is 13.2 Å². The summed E-state index contributed by atoms with van der Waals surface area (Å²) >= 11 is 4.53. The van der Waals surface area contributed by atoms with Crippen LogP contribution in [0, 0.1) is 0 Å². The van der Waals surface area contributed by atoms with Crippen molar-refractivity contribution in [2.75, 3.05) is 18.4 Å². The molecule has 0 bridgehead atoms. The van der Waals surface area contributed by atoms with Crippen LogP contribution in [0.3, 0.4) is 0 Å². The summed E-state index contributed by atoms with van der Waals surface area (Å²) in [4.78, 5) is 16.2. The van der Waals surface area contributed by atoms with Gasteiger partial charge in [0.25, 0.3) is 0 Å². The molecule has 0 aliphatic rings. The predicted molar refractivity (Wildman–Crippen MR) is 110 cm³/mol. The second-order valence-electron chi connectivity index (χ2n) is 5.41. The Morgan fingerprint density at radius 3 is 2.62 bits per heavy atom. The van der Waals surface area contributed by atoms with Gasteiger partial charge in [0.2, 0.25) is 15.9 Å². The molecule has 0 saturated carbocycles. The van der Waals surface area contributed by atoms with Crippen LogP contribution in [0.1, 0.15) is 13.3 Å². The molecule has 1 atom stereocenters. The highest BCUT2D eigenvalue weighted by Crippen LogP contribution is 2.29. The van der Waals surface area contributed by atoms with Crippen molar-refractivity contribution >= 4 is 58.5 Å². The number of aromatic nitrogens is 1. The molecule has 26 heavy (non-hydrogen) atoms. The molecule has 2 aromatic rings. The molecule has 0 aliphatic carbocycles. The van der Waals surface area contributed by atoms with Crippen LogP contribution in [0.25, 0.3) is 10.2 Å². The van der Waals surface area contributed by atoms with E-state index in [4.69, 9.17) is 0 Å². The number of anilines is 1. The van der Waals surface area contributed by atoms with E-state index in [1.165, 1.54) is 33.9 Å². The maximum absolute atomic E-state index is 12.8. The lowest BCUT2D eigenvalue weighted by Gasteiger charge is -2.18. The van der Waals surface area contributed by atoms with E-state index >= 15 is 0 Å². The van der Waals surface area contributed by atoms with Crippen molar-refractivity contribution in [2.24, 2.45) is 0 Å². The fourth-order valence-corrected chi connectivity index (χ4v) is 4.70. The van der Waals surface area contributed by atoms with Crippen molar-refractivity contribution in [2.45, 2.75) is 23.1 Å². The number of amides is 1. The molecule has 0 aliphatic heterocycles. The van der Waals surface area contributed by atoms with Gasteiger partial charge in [-0.3, -0.25) is 4.79 Å². The summed E-state index contributed by atoms with van der Waals surface area (Å²) in [6, 6.07) is 4.73. The standard InChI is InChI=1S/C17H20BrN3O3S2/c1-4-9-21(10-5-2)26(23,24)12-7-8-14-15(11-12)25-17(19-14)20-16(22)13(18)6-3/h4-5,7-8,11,13H,1-2,6,9-10H2,3H3,(H,19,20,22). The summed E-state index contributed by atoms with van der Waals surface area (Å²) in [7, 11) is -3.67. The van der Waals surface area contributed by atoms with Crippen LogP contribution in [0.15, 0.2) is 48.4 Å². The summed E-state index contributed by atoms with van der Waals surface area (Å²) in [6.45, 7) is 9.48. The maximum atomic E-state index is 12.8. The smallest absolute Gasteiger partial charge is 0.243 e. The number of benzene rings is 1. The minimum absolute atomic E-state index is 0.169. The number of halogens is 1. The Morgan fingerprint density at radius 2 is 2.04 bits per heavy atom. The van der Waals surface area contributed by atoms with E-state index in [9.17, 15) is 13.2 Å². The summed E-state index contributed by atoms with van der Waals surface area (Å²) in [6.07, 6.45) is 3.72. The molecule has 1 amide bonds. The number of fused-ring (bicyclic) bond motifs is 1. The van der Waals surface area contributed by atoms with Crippen LogP contribution in [0.4, 0.5) is 5.13 Å². The minimum atomic E-state index is -3.67. The average molecular weight is 458 g/mol. The molecular formula is C17H20BrN3O3S2. The van der Waals surface area contributed by atoms with Gasteiger partial charge in [-0.25, -0.2) is 13.4 Å². The van der Waals surface area contributed by atoms with E-state index in [-0.39, 0.29) is 28.7 Å². The van der Waals surface area contributed by atoms with Gasteiger partial charge in [0, 0.05) is 13.1 Å². The summed E-state index contributed by atoms with van der Waals surface area (Å²) in [5.74, 6) is -0.178. The molecule has 6 nitrogen and oxygen atoms in total. The molecule has 0 fully saturated rings. The molecule has 0 saturated heterocycles. The molecule has 0 spiro atoms. The first-order chi connectivity index (χ1) is 12.3. The lowest BCUT2D eigenvalue weighted by Crippen LogP contribution is -2.31. The normalized spacial score (nSPS) is 12.9. The largest absolute Gasteiger partial charge is 0.301 e. The summed E-state index contributed by atoms with van der Waals surface area (Å²) in [5.41, 5.74) is 0.630. The number of nitrogens with one attached hydrogen (secondary N) is 1.